The number of rotatable bonds is 7. The number of methoxy groups -OCH3 is 1. The Labute approximate surface area is 116 Å². The van der Waals surface area contributed by atoms with E-state index in [0.717, 1.165) is 12.3 Å². The van der Waals surface area contributed by atoms with Crippen molar-refractivity contribution in [2.24, 2.45) is 5.73 Å². The third kappa shape index (κ3) is 4.82. The first-order chi connectivity index (χ1) is 8.97. The molecule has 3 N–H and O–H groups in total. The van der Waals surface area contributed by atoms with Crippen molar-refractivity contribution < 1.29 is 9.84 Å². The Morgan fingerprint density at radius 2 is 2.05 bits per heavy atom. The highest BCUT2D eigenvalue weighted by Crippen LogP contribution is 2.27. The summed E-state index contributed by atoms with van der Waals surface area (Å²) in [4.78, 5) is 2.07. The Morgan fingerprint density at radius 3 is 2.58 bits per heavy atom. The van der Waals surface area contributed by atoms with E-state index in [4.69, 9.17) is 10.5 Å². The molecule has 0 heterocycles. The summed E-state index contributed by atoms with van der Waals surface area (Å²) in [7, 11) is 3.68. The molecule has 0 saturated carbocycles. The van der Waals surface area contributed by atoms with Crippen LogP contribution in [0, 0.1) is 0 Å². The summed E-state index contributed by atoms with van der Waals surface area (Å²) in [6.45, 7) is 5.98. The number of nitrogens with two attached hydrogens (primary N) is 1. The number of likely N-dealkylation sites (N-methyl/N-ethyl adjacent to an activating group) is 1. The molecule has 0 radical (unpaired) electrons. The molecule has 4 nitrogen and oxygen atoms in total. The highest BCUT2D eigenvalue weighted by molar-refractivity contribution is 5.39. The van der Waals surface area contributed by atoms with Gasteiger partial charge in [0.05, 0.1) is 13.2 Å². The van der Waals surface area contributed by atoms with Gasteiger partial charge in [0.15, 0.2) is 0 Å². The molecule has 1 aromatic carbocycles. The summed E-state index contributed by atoms with van der Waals surface area (Å²) in [5.41, 5.74) is 7.86. The molecule has 4 heteroatoms. The van der Waals surface area contributed by atoms with Crippen molar-refractivity contribution in [3.05, 3.63) is 29.3 Å². The van der Waals surface area contributed by atoms with Gasteiger partial charge in [-0.2, -0.15) is 0 Å². The monoisotopic (exact) mass is 266 g/mol. The lowest BCUT2D eigenvalue weighted by molar-refractivity contribution is 0.129. The molecular formula is C15H26N2O2. The van der Waals surface area contributed by atoms with Gasteiger partial charge in [-0.05, 0) is 30.2 Å². The Hall–Kier alpha value is -1.10. The van der Waals surface area contributed by atoms with Crippen LogP contribution >= 0.6 is 0 Å². The lowest BCUT2D eigenvalue weighted by Crippen LogP contribution is -2.33. The lowest BCUT2D eigenvalue weighted by atomic mass is 9.99. The topological polar surface area (TPSA) is 58.7 Å². The van der Waals surface area contributed by atoms with Crippen molar-refractivity contribution in [3.63, 3.8) is 0 Å². The van der Waals surface area contributed by atoms with Gasteiger partial charge in [-0.1, -0.05) is 26.0 Å². The fraction of sp³-hybridized carbons (Fsp3) is 0.600. The third-order valence-electron chi connectivity index (χ3n) is 3.16. The maximum Gasteiger partial charge on any atom is 0.122 e. The van der Waals surface area contributed by atoms with E-state index in [2.05, 4.69) is 30.9 Å². The van der Waals surface area contributed by atoms with Gasteiger partial charge in [0.2, 0.25) is 0 Å². The van der Waals surface area contributed by atoms with Crippen LogP contribution in [0.15, 0.2) is 18.2 Å². The molecule has 0 spiro atoms. The zero-order valence-electron chi connectivity index (χ0n) is 12.4. The Bertz CT molecular complexity index is 394. The SMILES string of the molecule is COc1ccc(CN(C)CC(O)CN)cc1C(C)C. The summed E-state index contributed by atoms with van der Waals surface area (Å²) < 4.78 is 5.38. The maximum absolute atomic E-state index is 9.54. The highest BCUT2D eigenvalue weighted by atomic mass is 16.5. The van der Waals surface area contributed by atoms with Crippen LogP contribution in [-0.2, 0) is 6.54 Å². The van der Waals surface area contributed by atoms with E-state index in [9.17, 15) is 5.11 Å². The van der Waals surface area contributed by atoms with Crippen molar-refractivity contribution >= 4 is 0 Å². The molecule has 0 bridgehead atoms. The minimum atomic E-state index is -0.465. The van der Waals surface area contributed by atoms with Crippen LogP contribution in [0.25, 0.3) is 0 Å². The second-order valence-electron chi connectivity index (χ2n) is 5.32. The highest BCUT2D eigenvalue weighted by Gasteiger charge is 2.11. The van der Waals surface area contributed by atoms with Gasteiger partial charge in [-0.3, -0.25) is 4.90 Å². The predicted molar refractivity (Wildman–Crippen MR) is 78.5 cm³/mol. The number of benzene rings is 1. The summed E-state index contributed by atoms with van der Waals surface area (Å²) in [5.74, 6) is 1.36. The second-order valence-corrected chi connectivity index (χ2v) is 5.32. The largest absolute Gasteiger partial charge is 0.496 e. The van der Waals surface area contributed by atoms with Crippen molar-refractivity contribution in [2.75, 3.05) is 27.2 Å². The van der Waals surface area contributed by atoms with Crippen LogP contribution in [0.3, 0.4) is 0 Å². The zero-order chi connectivity index (χ0) is 14.4. The van der Waals surface area contributed by atoms with Gasteiger partial charge in [-0.25, -0.2) is 0 Å². The summed E-state index contributed by atoms with van der Waals surface area (Å²) >= 11 is 0. The molecule has 1 unspecified atom stereocenters. The normalized spacial score (nSPS) is 13.1. The fourth-order valence-electron chi connectivity index (χ4n) is 2.14. The van der Waals surface area contributed by atoms with Crippen LogP contribution in [0.4, 0.5) is 0 Å². The van der Waals surface area contributed by atoms with Crippen LogP contribution in [0.1, 0.15) is 30.9 Å². The van der Waals surface area contributed by atoms with Crippen molar-refractivity contribution in [3.8, 4) is 5.75 Å². The van der Waals surface area contributed by atoms with Crippen molar-refractivity contribution in [1.82, 2.24) is 4.90 Å². The molecule has 1 rings (SSSR count). The van der Waals surface area contributed by atoms with E-state index in [1.165, 1.54) is 11.1 Å². The van der Waals surface area contributed by atoms with Crippen molar-refractivity contribution in [1.29, 1.82) is 0 Å². The van der Waals surface area contributed by atoms with Gasteiger partial charge in [-0.15, -0.1) is 0 Å². The molecule has 108 valence electrons. The Kier molecular flexibility index (Phi) is 6.28. The summed E-state index contributed by atoms with van der Waals surface area (Å²) in [6.07, 6.45) is -0.465. The Balaban J connectivity index is 2.76. The zero-order valence-corrected chi connectivity index (χ0v) is 12.4. The summed E-state index contributed by atoms with van der Waals surface area (Å²) in [6, 6.07) is 6.25. The smallest absolute Gasteiger partial charge is 0.122 e. The molecular weight excluding hydrogens is 240 g/mol. The van der Waals surface area contributed by atoms with Crippen molar-refractivity contribution in [2.45, 2.75) is 32.4 Å². The molecule has 0 aliphatic rings. The number of hydrogen-bond donors (Lipinski definition) is 2. The van der Waals surface area contributed by atoms with E-state index in [0.29, 0.717) is 19.0 Å². The molecule has 0 aliphatic heterocycles. The molecule has 0 saturated heterocycles. The first-order valence-electron chi connectivity index (χ1n) is 6.71. The van der Waals surface area contributed by atoms with Crippen LogP contribution in [0.2, 0.25) is 0 Å². The molecule has 1 atom stereocenters. The molecule has 0 fully saturated rings. The Morgan fingerprint density at radius 1 is 1.37 bits per heavy atom. The minimum Gasteiger partial charge on any atom is -0.496 e. The third-order valence-corrected chi connectivity index (χ3v) is 3.16. The van der Waals surface area contributed by atoms with Gasteiger partial charge >= 0.3 is 0 Å². The average molecular weight is 266 g/mol. The van der Waals surface area contributed by atoms with Crippen LogP contribution in [-0.4, -0.2) is 43.4 Å². The van der Waals surface area contributed by atoms with E-state index in [-0.39, 0.29) is 0 Å². The molecule has 0 amide bonds. The molecule has 0 aromatic heterocycles. The van der Waals surface area contributed by atoms with E-state index < -0.39 is 6.10 Å². The predicted octanol–water partition coefficient (Wildman–Crippen LogP) is 1.57. The molecule has 0 aliphatic carbocycles. The van der Waals surface area contributed by atoms with E-state index in [1.54, 1.807) is 7.11 Å². The van der Waals surface area contributed by atoms with Gasteiger partial charge in [0.1, 0.15) is 5.75 Å². The van der Waals surface area contributed by atoms with E-state index >= 15 is 0 Å². The first kappa shape index (κ1) is 16.0. The number of aliphatic hydroxyl groups excluding tert-OH is 1. The standard InChI is InChI=1S/C15H26N2O2/c1-11(2)14-7-12(5-6-15(14)19-4)9-17(3)10-13(18)8-16/h5-7,11,13,18H,8-10,16H2,1-4H3. The number of aliphatic hydroxyl groups is 1. The number of nitrogens with zero attached hydrogens (tertiary/aromatic N) is 1. The molecule has 1 aromatic rings. The quantitative estimate of drug-likeness (QED) is 0.786. The first-order valence-corrected chi connectivity index (χ1v) is 6.71. The van der Waals surface area contributed by atoms with Gasteiger partial charge < -0.3 is 15.6 Å². The second kappa shape index (κ2) is 7.48. The fourth-order valence-corrected chi connectivity index (χ4v) is 2.14. The van der Waals surface area contributed by atoms with E-state index in [1.807, 2.05) is 13.1 Å². The minimum absolute atomic E-state index is 0.296. The number of hydrogen-bond acceptors (Lipinski definition) is 4. The van der Waals surface area contributed by atoms with Crippen LogP contribution < -0.4 is 10.5 Å². The summed E-state index contributed by atoms with van der Waals surface area (Å²) in [5, 5.41) is 9.54. The molecule has 19 heavy (non-hydrogen) atoms. The lowest BCUT2D eigenvalue weighted by Gasteiger charge is -2.21. The number of ether oxygens (including phenoxy) is 1. The maximum atomic E-state index is 9.54. The average Bonchev–Trinajstić information content (AvgIpc) is 2.38. The van der Waals surface area contributed by atoms with Crippen LogP contribution in [0.5, 0.6) is 5.75 Å². The van der Waals surface area contributed by atoms with Gasteiger partial charge in [0, 0.05) is 19.6 Å². The van der Waals surface area contributed by atoms with Gasteiger partial charge in [0.25, 0.3) is 0 Å².